The molecule has 1 fully saturated rings. The van der Waals surface area contributed by atoms with E-state index in [1.807, 2.05) is 18.2 Å². The SMILES string of the molecule is COc1ccc2nccc([C@@H](F)CC[C@@H]3CCN(CCSc4ccc(C(F)(F)F)cc4)C[C@@H]3CO)c2c1. The van der Waals surface area contributed by atoms with Crippen molar-refractivity contribution in [2.45, 2.75) is 36.5 Å². The molecule has 0 amide bonds. The number of halogens is 4. The average molecular weight is 537 g/mol. The van der Waals surface area contributed by atoms with Crippen LogP contribution in [0.3, 0.4) is 0 Å². The molecule has 4 rings (SSSR count). The molecule has 9 heteroatoms. The highest BCUT2D eigenvalue weighted by Crippen LogP contribution is 2.35. The van der Waals surface area contributed by atoms with Crippen molar-refractivity contribution < 1.29 is 27.4 Å². The molecule has 0 spiro atoms. The Hall–Kier alpha value is -2.36. The highest BCUT2D eigenvalue weighted by atomic mass is 32.2. The zero-order valence-electron chi connectivity index (χ0n) is 20.8. The number of methoxy groups -OCH3 is 1. The van der Waals surface area contributed by atoms with Crippen LogP contribution in [-0.4, -0.2) is 54.1 Å². The fourth-order valence-corrected chi connectivity index (χ4v) is 5.96. The molecule has 0 unspecified atom stereocenters. The van der Waals surface area contributed by atoms with E-state index in [9.17, 15) is 18.3 Å². The van der Waals surface area contributed by atoms with Gasteiger partial charge in [0, 0.05) is 41.9 Å². The number of aliphatic hydroxyl groups excluding tert-OH is 1. The molecule has 2 aromatic carbocycles. The van der Waals surface area contributed by atoms with Gasteiger partial charge in [-0.15, -0.1) is 11.8 Å². The van der Waals surface area contributed by atoms with Gasteiger partial charge in [-0.3, -0.25) is 4.98 Å². The molecule has 37 heavy (non-hydrogen) atoms. The van der Waals surface area contributed by atoms with E-state index >= 15 is 4.39 Å². The molecule has 4 nitrogen and oxygen atoms in total. The van der Waals surface area contributed by atoms with E-state index < -0.39 is 17.9 Å². The molecule has 1 aliphatic rings. The lowest BCUT2D eigenvalue weighted by molar-refractivity contribution is -0.137. The quantitative estimate of drug-likeness (QED) is 0.229. The number of hydrogen-bond donors (Lipinski definition) is 1. The first kappa shape index (κ1) is 27.7. The fraction of sp³-hybridized carbons (Fsp3) is 0.464. The minimum atomic E-state index is -4.32. The van der Waals surface area contributed by atoms with Crippen molar-refractivity contribution in [2.75, 3.05) is 39.1 Å². The molecule has 0 bridgehead atoms. The molecule has 1 aliphatic heterocycles. The maximum absolute atomic E-state index is 15.4. The number of alkyl halides is 4. The van der Waals surface area contributed by atoms with Crippen LogP contribution in [0.15, 0.2) is 59.6 Å². The molecule has 2 heterocycles. The Morgan fingerprint density at radius 3 is 2.62 bits per heavy atom. The van der Waals surface area contributed by atoms with Crippen molar-refractivity contribution in [3.63, 3.8) is 0 Å². The summed E-state index contributed by atoms with van der Waals surface area (Å²) in [6.45, 7) is 2.44. The number of piperidine rings is 1. The average Bonchev–Trinajstić information content (AvgIpc) is 2.91. The maximum Gasteiger partial charge on any atom is 0.416 e. The Balaban J connectivity index is 1.27. The van der Waals surface area contributed by atoms with Crippen LogP contribution in [0, 0.1) is 11.8 Å². The van der Waals surface area contributed by atoms with Crippen LogP contribution in [-0.2, 0) is 6.18 Å². The number of likely N-dealkylation sites (tertiary alicyclic amines) is 1. The number of fused-ring (bicyclic) bond motifs is 1. The van der Waals surface area contributed by atoms with Gasteiger partial charge in [-0.05, 0) is 91.7 Å². The lowest BCUT2D eigenvalue weighted by Gasteiger charge is -2.38. The smallest absolute Gasteiger partial charge is 0.416 e. The number of hydrogen-bond acceptors (Lipinski definition) is 5. The predicted molar refractivity (Wildman–Crippen MR) is 139 cm³/mol. The molecule has 0 saturated carbocycles. The number of ether oxygens (including phenoxy) is 1. The molecule has 1 saturated heterocycles. The van der Waals surface area contributed by atoms with Gasteiger partial charge in [0.1, 0.15) is 11.9 Å². The minimum absolute atomic E-state index is 0.0551. The molecule has 1 aromatic heterocycles. The van der Waals surface area contributed by atoms with Crippen molar-refractivity contribution in [1.82, 2.24) is 9.88 Å². The third kappa shape index (κ3) is 7.15. The van der Waals surface area contributed by atoms with E-state index in [0.717, 1.165) is 59.7 Å². The third-order valence-corrected chi connectivity index (χ3v) is 8.17. The third-order valence-electron chi connectivity index (χ3n) is 7.18. The lowest BCUT2D eigenvalue weighted by Crippen LogP contribution is -2.43. The van der Waals surface area contributed by atoms with Gasteiger partial charge in [0.05, 0.1) is 18.2 Å². The zero-order chi connectivity index (χ0) is 26.4. The first-order chi connectivity index (χ1) is 17.8. The topological polar surface area (TPSA) is 45.6 Å². The Morgan fingerprint density at radius 1 is 1.14 bits per heavy atom. The number of aromatic nitrogens is 1. The molecule has 0 radical (unpaired) electrons. The highest BCUT2D eigenvalue weighted by molar-refractivity contribution is 7.99. The van der Waals surface area contributed by atoms with Gasteiger partial charge in [0.25, 0.3) is 0 Å². The monoisotopic (exact) mass is 536 g/mol. The molecule has 1 N–H and O–H groups in total. The fourth-order valence-electron chi connectivity index (χ4n) is 5.04. The van der Waals surface area contributed by atoms with Gasteiger partial charge in [-0.1, -0.05) is 0 Å². The standard InChI is InChI=1S/C28H32F4N2O2S/c1-36-22-5-9-27-25(16-22)24(10-12-33-27)26(29)8-2-19-11-13-34(17-20(19)18-35)14-15-37-23-6-3-21(4-7-23)28(30,31)32/h3-7,9-10,12,16,19-20,26,35H,2,8,11,13-15,17-18H2,1H3/t19-,20-,26+/m1/s1. The van der Waals surface area contributed by atoms with Crippen LogP contribution >= 0.6 is 11.8 Å². The maximum atomic E-state index is 15.4. The summed E-state index contributed by atoms with van der Waals surface area (Å²) < 4.78 is 58.9. The normalized spacial score (nSPS) is 19.7. The summed E-state index contributed by atoms with van der Waals surface area (Å²) in [6, 6.07) is 12.4. The number of thioether (sulfide) groups is 1. The van der Waals surface area contributed by atoms with Crippen LogP contribution in [0.2, 0.25) is 0 Å². The van der Waals surface area contributed by atoms with Crippen LogP contribution < -0.4 is 4.74 Å². The second-order valence-corrected chi connectivity index (χ2v) is 10.7. The van der Waals surface area contributed by atoms with Crippen molar-refractivity contribution in [2.24, 2.45) is 11.8 Å². The van der Waals surface area contributed by atoms with Crippen molar-refractivity contribution in [3.8, 4) is 5.75 Å². The summed E-state index contributed by atoms with van der Waals surface area (Å²) in [5.41, 5.74) is 0.705. The van der Waals surface area contributed by atoms with Crippen LogP contribution in [0.5, 0.6) is 5.75 Å². The Morgan fingerprint density at radius 2 is 1.92 bits per heavy atom. The summed E-state index contributed by atoms with van der Waals surface area (Å²) in [6.07, 6.45) is -1.87. The number of pyridine rings is 1. The van der Waals surface area contributed by atoms with Gasteiger partial charge >= 0.3 is 6.18 Å². The number of nitrogens with zero attached hydrogens (tertiary/aromatic N) is 2. The number of aliphatic hydroxyl groups is 1. The highest BCUT2D eigenvalue weighted by Gasteiger charge is 2.31. The summed E-state index contributed by atoms with van der Waals surface area (Å²) in [5, 5.41) is 10.8. The van der Waals surface area contributed by atoms with E-state index in [1.165, 1.54) is 23.9 Å². The summed E-state index contributed by atoms with van der Waals surface area (Å²) in [5.74, 6) is 1.73. The molecule has 3 aromatic rings. The van der Waals surface area contributed by atoms with Crippen LogP contribution in [0.1, 0.15) is 36.6 Å². The second kappa shape index (κ2) is 12.5. The van der Waals surface area contributed by atoms with Gasteiger partial charge in [-0.2, -0.15) is 13.2 Å². The van der Waals surface area contributed by atoms with Crippen LogP contribution in [0.25, 0.3) is 10.9 Å². The predicted octanol–water partition coefficient (Wildman–Crippen LogP) is 6.78. The van der Waals surface area contributed by atoms with Crippen molar-refractivity contribution in [1.29, 1.82) is 0 Å². The van der Waals surface area contributed by atoms with Gasteiger partial charge in [0.15, 0.2) is 0 Å². The Bertz CT molecular complexity index is 1160. The first-order valence-electron chi connectivity index (χ1n) is 12.5. The van der Waals surface area contributed by atoms with Gasteiger partial charge in [-0.25, -0.2) is 4.39 Å². The van der Waals surface area contributed by atoms with E-state index in [4.69, 9.17) is 4.74 Å². The summed E-state index contributed by atoms with van der Waals surface area (Å²) >= 11 is 1.52. The van der Waals surface area contributed by atoms with E-state index in [0.29, 0.717) is 24.2 Å². The molecule has 200 valence electrons. The summed E-state index contributed by atoms with van der Waals surface area (Å²) in [4.78, 5) is 7.42. The Labute approximate surface area is 219 Å². The van der Waals surface area contributed by atoms with E-state index in [2.05, 4.69) is 9.88 Å². The Kier molecular flexibility index (Phi) is 9.31. The lowest BCUT2D eigenvalue weighted by atomic mass is 9.81. The van der Waals surface area contributed by atoms with Crippen LogP contribution in [0.4, 0.5) is 17.6 Å². The molecule has 0 aliphatic carbocycles. The van der Waals surface area contributed by atoms with E-state index in [1.54, 1.807) is 19.4 Å². The zero-order valence-corrected chi connectivity index (χ0v) is 21.6. The second-order valence-electron chi connectivity index (χ2n) is 9.49. The molecular formula is C28H32F4N2O2S. The largest absolute Gasteiger partial charge is 0.497 e. The molecular weight excluding hydrogens is 504 g/mol. The van der Waals surface area contributed by atoms with E-state index in [-0.39, 0.29) is 18.4 Å². The number of rotatable bonds is 10. The van der Waals surface area contributed by atoms with Gasteiger partial charge < -0.3 is 14.7 Å². The molecule has 3 atom stereocenters. The van der Waals surface area contributed by atoms with Crippen molar-refractivity contribution >= 4 is 22.7 Å². The first-order valence-corrected chi connectivity index (χ1v) is 13.5. The summed E-state index contributed by atoms with van der Waals surface area (Å²) in [7, 11) is 1.58. The minimum Gasteiger partial charge on any atom is -0.497 e. The van der Waals surface area contributed by atoms with Crippen molar-refractivity contribution in [3.05, 3.63) is 65.9 Å². The number of benzene rings is 2. The van der Waals surface area contributed by atoms with Gasteiger partial charge in [0.2, 0.25) is 0 Å².